The summed E-state index contributed by atoms with van der Waals surface area (Å²) in [7, 11) is 0. The first kappa shape index (κ1) is 15.0. The Kier molecular flexibility index (Phi) is 4.46. The molecule has 0 aliphatic heterocycles. The second-order valence-corrected chi connectivity index (χ2v) is 4.89. The van der Waals surface area contributed by atoms with E-state index in [4.69, 9.17) is 4.74 Å². The van der Waals surface area contributed by atoms with Gasteiger partial charge in [0.15, 0.2) is 12.3 Å². The zero-order valence-electron chi connectivity index (χ0n) is 12.3. The molecule has 0 saturated heterocycles. The van der Waals surface area contributed by atoms with Crippen molar-refractivity contribution < 1.29 is 13.9 Å². The summed E-state index contributed by atoms with van der Waals surface area (Å²) in [6.07, 6.45) is 2.43. The molecular weight excluding hydrogens is 299 g/mol. The number of hydrogen-bond acceptors (Lipinski definition) is 4. The molecule has 3 aromatic rings. The van der Waals surface area contributed by atoms with Crippen LogP contribution in [0, 0.1) is 5.82 Å². The molecule has 0 bridgehead atoms. The molecule has 118 valence electrons. The number of rotatable bonds is 6. The summed E-state index contributed by atoms with van der Waals surface area (Å²) >= 11 is 0. The molecule has 1 aromatic carbocycles. The van der Waals surface area contributed by atoms with Gasteiger partial charge in [0.05, 0.1) is 0 Å². The summed E-state index contributed by atoms with van der Waals surface area (Å²) in [5.74, 6) is 0.417. The second kappa shape index (κ2) is 6.87. The van der Waals surface area contributed by atoms with Crippen LogP contribution in [-0.4, -0.2) is 33.7 Å². The van der Waals surface area contributed by atoms with Crippen molar-refractivity contribution in [3.8, 4) is 5.75 Å². The summed E-state index contributed by atoms with van der Waals surface area (Å²) in [6, 6.07) is 11.3. The summed E-state index contributed by atoms with van der Waals surface area (Å²) in [5.41, 5.74) is 0.767. The van der Waals surface area contributed by atoms with Crippen LogP contribution in [0.5, 0.6) is 5.75 Å². The Morgan fingerprint density at radius 3 is 3.00 bits per heavy atom. The van der Waals surface area contributed by atoms with Crippen molar-refractivity contribution in [3.05, 3.63) is 60.3 Å². The molecule has 1 N–H and O–H groups in total. The lowest BCUT2D eigenvalue weighted by atomic mass is 10.3. The normalized spacial score (nSPS) is 10.7. The third-order valence-electron chi connectivity index (χ3n) is 3.22. The average Bonchev–Trinajstić information content (AvgIpc) is 2.97. The first-order valence-electron chi connectivity index (χ1n) is 7.16. The van der Waals surface area contributed by atoms with Crippen LogP contribution in [-0.2, 0) is 11.2 Å². The van der Waals surface area contributed by atoms with E-state index in [1.165, 1.54) is 18.2 Å². The summed E-state index contributed by atoms with van der Waals surface area (Å²) in [4.78, 5) is 11.7. The van der Waals surface area contributed by atoms with Crippen LogP contribution in [0.25, 0.3) is 5.65 Å². The molecule has 0 fully saturated rings. The fourth-order valence-corrected chi connectivity index (χ4v) is 2.13. The Bertz CT molecular complexity index is 818. The first-order chi connectivity index (χ1) is 11.2. The molecule has 0 aliphatic carbocycles. The lowest BCUT2D eigenvalue weighted by molar-refractivity contribution is -0.123. The molecule has 0 aliphatic rings. The average molecular weight is 314 g/mol. The molecule has 0 atom stereocenters. The number of carbonyl (C=O) groups is 1. The van der Waals surface area contributed by atoms with E-state index < -0.39 is 5.82 Å². The Morgan fingerprint density at radius 1 is 1.22 bits per heavy atom. The number of ether oxygens (including phenoxy) is 1. The number of nitrogens with zero attached hydrogens (tertiary/aromatic N) is 3. The van der Waals surface area contributed by atoms with Crippen LogP contribution in [0.1, 0.15) is 5.82 Å². The number of hydrogen-bond donors (Lipinski definition) is 1. The van der Waals surface area contributed by atoms with Crippen molar-refractivity contribution in [1.82, 2.24) is 19.9 Å². The zero-order valence-corrected chi connectivity index (χ0v) is 12.3. The van der Waals surface area contributed by atoms with Crippen molar-refractivity contribution in [2.45, 2.75) is 6.42 Å². The Labute approximate surface area is 131 Å². The van der Waals surface area contributed by atoms with Gasteiger partial charge in [-0.2, -0.15) is 0 Å². The van der Waals surface area contributed by atoms with E-state index in [1.807, 2.05) is 28.8 Å². The second-order valence-electron chi connectivity index (χ2n) is 4.89. The number of pyridine rings is 1. The predicted octanol–water partition coefficient (Wildman–Crippen LogP) is 1.61. The Balaban J connectivity index is 1.46. The summed E-state index contributed by atoms with van der Waals surface area (Å²) in [6.45, 7) is 0.255. The van der Waals surface area contributed by atoms with Crippen molar-refractivity contribution in [2.75, 3.05) is 13.2 Å². The van der Waals surface area contributed by atoms with E-state index in [0.29, 0.717) is 18.7 Å². The third kappa shape index (κ3) is 3.82. The topological polar surface area (TPSA) is 68.5 Å². The molecule has 3 rings (SSSR count). The van der Waals surface area contributed by atoms with E-state index in [-0.39, 0.29) is 12.5 Å². The number of nitrogens with one attached hydrogen (secondary N) is 1. The Hall–Kier alpha value is -2.96. The minimum atomic E-state index is -0.401. The van der Waals surface area contributed by atoms with Gasteiger partial charge in [-0.1, -0.05) is 12.1 Å². The minimum Gasteiger partial charge on any atom is -0.484 e. The van der Waals surface area contributed by atoms with Gasteiger partial charge in [0.2, 0.25) is 0 Å². The van der Waals surface area contributed by atoms with Gasteiger partial charge in [0, 0.05) is 25.2 Å². The first-order valence-corrected chi connectivity index (χ1v) is 7.16. The minimum absolute atomic E-state index is 0.163. The fourth-order valence-electron chi connectivity index (χ4n) is 2.13. The van der Waals surface area contributed by atoms with Gasteiger partial charge in [-0.3, -0.25) is 9.20 Å². The van der Waals surface area contributed by atoms with Crippen molar-refractivity contribution in [3.63, 3.8) is 0 Å². The van der Waals surface area contributed by atoms with Gasteiger partial charge in [-0.25, -0.2) is 4.39 Å². The maximum Gasteiger partial charge on any atom is 0.257 e. The summed E-state index contributed by atoms with van der Waals surface area (Å²) < 4.78 is 20.1. The number of aromatic nitrogens is 3. The molecule has 2 aromatic heterocycles. The van der Waals surface area contributed by atoms with E-state index in [2.05, 4.69) is 15.5 Å². The van der Waals surface area contributed by atoms with Crippen LogP contribution < -0.4 is 10.1 Å². The van der Waals surface area contributed by atoms with Gasteiger partial charge in [-0.15, -0.1) is 10.2 Å². The SMILES string of the molecule is O=C(COc1cccc(F)c1)NCCc1nnc2ccccn12. The van der Waals surface area contributed by atoms with E-state index in [0.717, 1.165) is 11.5 Å². The molecule has 0 unspecified atom stereocenters. The van der Waals surface area contributed by atoms with Crippen molar-refractivity contribution >= 4 is 11.6 Å². The van der Waals surface area contributed by atoms with Crippen molar-refractivity contribution in [2.24, 2.45) is 0 Å². The molecule has 0 spiro atoms. The summed E-state index contributed by atoms with van der Waals surface area (Å²) in [5, 5.41) is 10.9. The lowest BCUT2D eigenvalue weighted by Crippen LogP contribution is -2.30. The molecule has 23 heavy (non-hydrogen) atoms. The van der Waals surface area contributed by atoms with Crippen LogP contribution >= 0.6 is 0 Å². The van der Waals surface area contributed by atoms with Gasteiger partial charge >= 0.3 is 0 Å². The van der Waals surface area contributed by atoms with Gasteiger partial charge < -0.3 is 10.1 Å². The van der Waals surface area contributed by atoms with Crippen LogP contribution in [0.2, 0.25) is 0 Å². The zero-order chi connectivity index (χ0) is 16.1. The highest BCUT2D eigenvalue weighted by Gasteiger charge is 2.06. The van der Waals surface area contributed by atoms with Crippen LogP contribution in [0.3, 0.4) is 0 Å². The molecule has 6 nitrogen and oxygen atoms in total. The largest absolute Gasteiger partial charge is 0.484 e. The van der Waals surface area contributed by atoms with Crippen molar-refractivity contribution in [1.29, 1.82) is 0 Å². The lowest BCUT2D eigenvalue weighted by Gasteiger charge is -2.07. The number of carbonyl (C=O) groups excluding carboxylic acids is 1. The van der Waals surface area contributed by atoms with Crippen LogP contribution in [0.15, 0.2) is 48.7 Å². The number of amides is 1. The number of benzene rings is 1. The number of fused-ring (bicyclic) bond motifs is 1. The molecule has 1 amide bonds. The quantitative estimate of drug-likeness (QED) is 0.750. The Morgan fingerprint density at radius 2 is 2.13 bits per heavy atom. The van der Waals surface area contributed by atoms with Crippen LogP contribution in [0.4, 0.5) is 4.39 Å². The standard InChI is InChI=1S/C16H15FN4O2/c17-12-4-3-5-13(10-12)23-11-16(22)18-8-7-15-20-19-14-6-1-2-9-21(14)15/h1-6,9-10H,7-8,11H2,(H,18,22). The third-order valence-corrected chi connectivity index (χ3v) is 3.22. The van der Waals surface area contributed by atoms with Gasteiger partial charge in [0.25, 0.3) is 5.91 Å². The molecule has 0 saturated carbocycles. The highest BCUT2D eigenvalue weighted by atomic mass is 19.1. The van der Waals surface area contributed by atoms with E-state index in [1.54, 1.807) is 6.07 Å². The molecule has 7 heteroatoms. The van der Waals surface area contributed by atoms with Gasteiger partial charge in [-0.05, 0) is 24.3 Å². The maximum absolute atomic E-state index is 13.0. The monoisotopic (exact) mass is 314 g/mol. The van der Waals surface area contributed by atoms with Gasteiger partial charge in [0.1, 0.15) is 17.4 Å². The highest BCUT2D eigenvalue weighted by molar-refractivity contribution is 5.77. The highest BCUT2D eigenvalue weighted by Crippen LogP contribution is 2.11. The van der Waals surface area contributed by atoms with E-state index >= 15 is 0 Å². The molecular formula is C16H15FN4O2. The smallest absolute Gasteiger partial charge is 0.257 e. The fraction of sp³-hybridized carbons (Fsp3) is 0.188. The van der Waals surface area contributed by atoms with E-state index in [9.17, 15) is 9.18 Å². The maximum atomic E-state index is 13.0. The molecule has 2 heterocycles. The predicted molar refractivity (Wildman–Crippen MR) is 81.6 cm³/mol. The molecule has 0 radical (unpaired) electrons. The number of halogens is 1.